The lowest BCUT2D eigenvalue weighted by molar-refractivity contribution is 0.745. The molecule has 0 radical (unpaired) electrons. The summed E-state index contributed by atoms with van der Waals surface area (Å²) >= 11 is 5.28. The summed E-state index contributed by atoms with van der Waals surface area (Å²) < 4.78 is 6.80. The van der Waals surface area contributed by atoms with Gasteiger partial charge in [-0.05, 0) is 5.92 Å². The Morgan fingerprint density at radius 2 is 2.20 bits per heavy atom. The lowest BCUT2D eigenvalue weighted by Gasteiger charge is -1.88. The van der Waals surface area contributed by atoms with E-state index in [1.807, 2.05) is 13.8 Å². The molecule has 0 saturated carbocycles. The molecule has 0 heterocycles. The fraction of sp³-hybridized carbons (Fsp3) is 1.00. The molecule has 1 heteroatoms. The smallest absolute Gasteiger partial charge is 0.0438 e. The van der Waals surface area contributed by atoms with Crippen molar-refractivity contribution in [1.82, 2.24) is 0 Å². The molecule has 0 N–H and O–H groups in total. The van der Waals surface area contributed by atoms with Gasteiger partial charge >= 0.3 is 0 Å². The monoisotopic (exact) mass is 93.0 g/mol. The molecule has 0 aromatic heterocycles. The van der Waals surface area contributed by atoms with Crippen molar-refractivity contribution in [3.8, 4) is 0 Å². The quantitative estimate of drug-likeness (QED) is 0.435. The van der Waals surface area contributed by atoms with Gasteiger partial charge < -0.3 is 0 Å². The predicted molar refractivity (Wildman–Crippen MR) is 25.6 cm³/mol. The maximum Gasteiger partial charge on any atom is 0.0438 e. The Bertz CT molecular complexity index is 28.5. The highest BCUT2D eigenvalue weighted by atomic mass is 35.5. The molecule has 0 aromatic carbocycles. The lowest BCUT2D eigenvalue weighted by atomic mass is 10.3. The SMILES string of the molecule is [2H]C(Cl)C(C)C. The van der Waals surface area contributed by atoms with Crippen LogP contribution >= 0.6 is 11.6 Å². The van der Waals surface area contributed by atoms with E-state index in [9.17, 15) is 0 Å². The first kappa shape index (κ1) is 3.48. The molecule has 0 amide bonds. The zero-order chi connectivity index (χ0) is 5.15. The second kappa shape index (κ2) is 2.52. The Morgan fingerprint density at radius 1 is 2.00 bits per heavy atom. The maximum atomic E-state index is 6.80. The molecule has 0 aliphatic rings. The number of hydrogen-bond acceptors (Lipinski definition) is 0. The predicted octanol–water partition coefficient (Wildman–Crippen LogP) is 1.88. The highest BCUT2D eigenvalue weighted by Gasteiger charge is 1.82. The van der Waals surface area contributed by atoms with E-state index in [1.165, 1.54) is 0 Å². The first-order valence-electron chi connectivity index (χ1n) is 2.28. The van der Waals surface area contributed by atoms with E-state index in [0.29, 0.717) is 0 Å². The van der Waals surface area contributed by atoms with Gasteiger partial charge in [-0.1, -0.05) is 13.8 Å². The number of halogens is 1. The molecule has 1 unspecified atom stereocenters. The van der Waals surface area contributed by atoms with Crippen LogP contribution in [0.15, 0.2) is 0 Å². The van der Waals surface area contributed by atoms with Crippen LogP contribution in [0.5, 0.6) is 0 Å². The van der Waals surface area contributed by atoms with Gasteiger partial charge in [0, 0.05) is 7.23 Å². The third kappa shape index (κ3) is 4.29. The summed E-state index contributed by atoms with van der Waals surface area (Å²) in [5.74, 6) is -0.142. The van der Waals surface area contributed by atoms with Crippen molar-refractivity contribution < 1.29 is 1.37 Å². The summed E-state index contributed by atoms with van der Waals surface area (Å²) in [5.41, 5.74) is 0. The van der Waals surface area contributed by atoms with E-state index in [0.717, 1.165) is 0 Å². The summed E-state index contributed by atoms with van der Waals surface area (Å²) in [6.07, 6.45) is 0. The van der Waals surface area contributed by atoms with Gasteiger partial charge in [-0.15, -0.1) is 11.6 Å². The Morgan fingerprint density at radius 3 is 2.20 bits per heavy atom. The van der Waals surface area contributed by atoms with Gasteiger partial charge in [0.05, 0.1) is 0 Å². The van der Waals surface area contributed by atoms with Gasteiger partial charge in [0.15, 0.2) is 0 Å². The molecule has 0 fully saturated rings. The first-order valence-corrected chi connectivity index (χ1v) is 2.14. The Kier molecular flexibility index (Phi) is 1.76. The van der Waals surface area contributed by atoms with Crippen LogP contribution in [0.2, 0.25) is 0 Å². The van der Waals surface area contributed by atoms with Crippen molar-refractivity contribution in [2.24, 2.45) is 5.92 Å². The molecule has 0 rings (SSSR count). The molecule has 0 aliphatic carbocycles. The third-order valence-electron chi connectivity index (χ3n) is 0.252. The van der Waals surface area contributed by atoms with Crippen molar-refractivity contribution in [2.45, 2.75) is 13.8 Å². The third-order valence-corrected chi connectivity index (χ3v) is 0.756. The first-order chi connectivity index (χ1) is 2.64. The van der Waals surface area contributed by atoms with Gasteiger partial charge in [0.25, 0.3) is 0 Å². The molecule has 5 heavy (non-hydrogen) atoms. The number of rotatable bonds is 1. The zero-order valence-corrected chi connectivity index (χ0v) is 4.29. The second-order valence-corrected chi connectivity index (χ2v) is 1.62. The topological polar surface area (TPSA) is 0 Å². The maximum absolute atomic E-state index is 6.80. The normalized spacial score (nSPS) is 18.8. The van der Waals surface area contributed by atoms with E-state index in [1.54, 1.807) is 0 Å². The van der Waals surface area contributed by atoms with Crippen LogP contribution in [0, 0.1) is 5.92 Å². The summed E-state index contributed by atoms with van der Waals surface area (Å²) in [6, 6.07) is 0. The standard InChI is InChI=1S/C4H9Cl/c1-4(2)3-5/h4H,3H2,1-2H3/i3D. The van der Waals surface area contributed by atoms with Crippen molar-refractivity contribution >= 4 is 11.6 Å². The van der Waals surface area contributed by atoms with Gasteiger partial charge in [-0.2, -0.15) is 0 Å². The molecular formula is C4H9Cl. The van der Waals surface area contributed by atoms with E-state index in [-0.39, 0.29) is 5.92 Å². The highest BCUT2D eigenvalue weighted by molar-refractivity contribution is 6.17. The van der Waals surface area contributed by atoms with Crippen molar-refractivity contribution in [1.29, 1.82) is 0 Å². The van der Waals surface area contributed by atoms with Crippen LogP contribution < -0.4 is 0 Å². The largest absolute Gasteiger partial charge is 0.126 e. The zero-order valence-electron chi connectivity index (χ0n) is 4.53. The molecule has 0 bridgehead atoms. The summed E-state index contributed by atoms with van der Waals surface area (Å²) in [6.45, 7) is 3.84. The minimum atomic E-state index is -0.426. The van der Waals surface area contributed by atoms with E-state index < -0.39 is 5.86 Å². The molecular weight excluding hydrogens is 83.5 g/mol. The Labute approximate surface area is 39.5 Å². The molecule has 0 aliphatic heterocycles. The van der Waals surface area contributed by atoms with Crippen LogP contribution in [0.25, 0.3) is 0 Å². The van der Waals surface area contributed by atoms with E-state index >= 15 is 0 Å². The second-order valence-electron chi connectivity index (χ2n) is 1.37. The van der Waals surface area contributed by atoms with Crippen molar-refractivity contribution in [3.63, 3.8) is 0 Å². The van der Waals surface area contributed by atoms with Gasteiger partial charge in [-0.3, -0.25) is 0 Å². The number of alkyl halides is 1. The lowest BCUT2D eigenvalue weighted by Crippen LogP contribution is -1.83. The van der Waals surface area contributed by atoms with Crippen LogP contribution in [-0.2, 0) is 0 Å². The van der Waals surface area contributed by atoms with Crippen LogP contribution in [0.3, 0.4) is 0 Å². The van der Waals surface area contributed by atoms with E-state index in [2.05, 4.69) is 0 Å². The minimum Gasteiger partial charge on any atom is -0.126 e. The average Bonchev–Trinajstić information content (AvgIpc) is 1.36. The summed E-state index contributed by atoms with van der Waals surface area (Å²) in [5, 5.41) is 0. The minimum absolute atomic E-state index is 0.284. The summed E-state index contributed by atoms with van der Waals surface area (Å²) in [4.78, 5) is 0. The molecule has 0 nitrogen and oxygen atoms in total. The fourth-order valence-electron chi connectivity index (χ4n) is 0. The molecule has 32 valence electrons. The van der Waals surface area contributed by atoms with Crippen LogP contribution in [0.1, 0.15) is 15.2 Å². The van der Waals surface area contributed by atoms with Gasteiger partial charge in [-0.25, -0.2) is 0 Å². The van der Waals surface area contributed by atoms with Gasteiger partial charge in [0.1, 0.15) is 0 Å². The van der Waals surface area contributed by atoms with Crippen molar-refractivity contribution in [2.75, 3.05) is 5.86 Å². The Balaban J connectivity index is 2.99. The average molecular weight is 93.6 g/mol. The van der Waals surface area contributed by atoms with Crippen molar-refractivity contribution in [3.05, 3.63) is 0 Å². The van der Waals surface area contributed by atoms with E-state index in [4.69, 9.17) is 13.0 Å². The molecule has 0 aromatic rings. The molecule has 0 spiro atoms. The van der Waals surface area contributed by atoms with Gasteiger partial charge in [0.2, 0.25) is 0 Å². The van der Waals surface area contributed by atoms with Crippen LogP contribution in [0.4, 0.5) is 0 Å². The molecule has 1 atom stereocenters. The summed E-state index contributed by atoms with van der Waals surface area (Å²) in [7, 11) is 0. The fourth-order valence-corrected chi connectivity index (χ4v) is 0. The number of hydrogen-bond donors (Lipinski definition) is 0. The Hall–Kier alpha value is 0.290. The van der Waals surface area contributed by atoms with Crippen LogP contribution in [-0.4, -0.2) is 5.86 Å². The molecule has 0 saturated heterocycles. The highest BCUT2D eigenvalue weighted by Crippen LogP contribution is 1.91.